The maximum Gasteiger partial charge on any atom is 0.248 e. The number of fused-ring (bicyclic) bond motifs is 1. The average molecular weight is 483 g/mol. The first-order valence-electron chi connectivity index (χ1n) is 13.4. The third-order valence-corrected chi connectivity index (χ3v) is 9.51. The van der Waals surface area contributed by atoms with Crippen LogP contribution in [0.3, 0.4) is 0 Å². The molecule has 2 amide bonds. The lowest BCUT2D eigenvalue weighted by Crippen LogP contribution is -2.69. The van der Waals surface area contributed by atoms with E-state index in [-0.39, 0.29) is 17.9 Å². The second-order valence-corrected chi connectivity index (χ2v) is 11.5. The van der Waals surface area contributed by atoms with E-state index in [0.717, 1.165) is 70.3 Å². The number of benzene rings is 1. The lowest BCUT2D eigenvalue weighted by Gasteiger charge is -2.59. The topological polar surface area (TPSA) is 108 Å². The molecule has 35 heavy (non-hydrogen) atoms. The van der Waals surface area contributed by atoms with Crippen molar-refractivity contribution < 1.29 is 19.4 Å². The number of morpholine rings is 1. The summed E-state index contributed by atoms with van der Waals surface area (Å²) in [7, 11) is 0. The molecule has 4 atom stereocenters. The number of carbonyl (C=O) groups is 2. The van der Waals surface area contributed by atoms with E-state index in [9.17, 15) is 14.7 Å². The van der Waals surface area contributed by atoms with Gasteiger partial charge in [0.2, 0.25) is 11.8 Å². The fourth-order valence-corrected chi connectivity index (χ4v) is 7.49. The van der Waals surface area contributed by atoms with Gasteiger partial charge >= 0.3 is 0 Å². The Balaban J connectivity index is 1.26. The zero-order valence-electron chi connectivity index (χ0n) is 20.5. The Morgan fingerprint density at radius 1 is 1.17 bits per heavy atom. The van der Waals surface area contributed by atoms with Gasteiger partial charge in [-0.1, -0.05) is 6.07 Å². The number of nitrogens with one attached hydrogen (secondary N) is 1. The van der Waals surface area contributed by atoms with Crippen molar-refractivity contribution in [3.05, 3.63) is 34.9 Å². The molecular weight excluding hydrogens is 444 g/mol. The number of hydrogen-bond acceptors (Lipinski definition) is 6. The first-order valence-corrected chi connectivity index (χ1v) is 13.4. The maximum atomic E-state index is 13.4. The number of likely N-dealkylation sites (tertiary alicyclic amines) is 1. The van der Waals surface area contributed by atoms with Gasteiger partial charge in [-0.3, -0.25) is 19.4 Å². The van der Waals surface area contributed by atoms with Crippen molar-refractivity contribution in [1.82, 2.24) is 15.1 Å². The predicted octanol–water partition coefficient (Wildman–Crippen LogP) is 0.653. The number of aliphatic hydroxyl groups is 1. The van der Waals surface area contributed by atoms with Crippen LogP contribution in [0, 0.1) is 11.8 Å². The minimum Gasteiger partial charge on any atom is -0.387 e. The second-order valence-electron chi connectivity index (χ2n) is 11.5. The van der Waals surface area contributed by atoms with Crippen molar-refractivity contribution in [2.45, 2.75) is 55.6 Å². The standard InChI is InChI=1S/C27H38N4O4/c28-24(32)20-4-3-19-14-23-27(34)16-21(25(33)29-6-8-30-9-11-35-12-10-30)15-26(27,22(19)13-20)5-7-31(23)17-18-1-2-18/h3-4,13,18,21,23,34H,1-2,5-12,14-17H2,(H2,28,32)(H,29,33). The van der Waals surface area contributed by atoms with Crippen molar-refractivity contribution in [1.29, 1.82) is 0 Å². The normalized spacial score (nSPS) is 34.8. The third kappa shape index (κ3) is 3.99. The molecule has 2 heterocycles. The quantitative estimate of drug-likeness (QED) is 0.527. The van der Waals surface area contributed by atoms with Gasteiger partial charge in [0, 0.05) is 55.7 Å². The molecule has 3 aliphatic carbocycles. The van der Waals surface area contributed by atoms with Gasteiger partial charge in [0.1, 0.15) is 0 Å². The number of rotatable bonds is 7. The van der Waals surface area contributed by atoms with Crippen molar-refractivity contribution in [2.24, 2.45) is 17.6 Å². The van der Waals surface area contributed by atoms with Gasteiger partial charge in [0.05, 0.1) is 18.8 Å². The molecule has 5 aliphatic rings. The number of ether oxygens (including phenoxy) is 1. The van der Waals surface area contributed by atoms with Gasteiger partial charge in [0.25, 0.3) is 0 Å². The monoisotopic (exact) mass is 482 g/mol. The van der Waals surface area contributed by atoms with Crippen LogP contribution in [0.25, 0.3) is 0 Å². The van der Waals surface area contributed by atoms with Crippen LogP contribution in [-0.2, 0) is 21.4 Å². The Labute approximate surface area is 207 Å². The molecule has 2 saturated carbocycles. The number of piperidine rings is 1. The van der Waals surface area contributed by atoms with E-state index in [1.807, 2.05) is 18.2 Å². The Morgan fingerprint density at radius 3 is 2.71 bits per heavy atom. The highest BCUT2D eigenvalue weighted by atomic mass is 16.5. The number of carbonyl (C=O) groups excluding carboxylic acids is 2. The number of nitrogens with two attached hydrogens (primary N) is 1. The summed E-state index contributed by atoms with van der Waals surface area (Å²) in [4.78, 5) is 30.2. The van der Waals surface area contributed by atoms with E-state index in [1.54, 1.807) is 0 Å². The molecule has 2 aliphatic heterocycles. The van der Waals surface area contributed by atoms with Crippen LogP contribution in [0.15, 0.2) is 18.2 Å². The van der Waals surface area contributed by atoms with Crippen LogP contribution in [0.2, 0.25) is 0 Å². The van der Waals surface area contributed by atoms with Crippen LogP contribution in [0.1, 0.15) is 53.6 Å². The zero-order valence-corrected chi connectivity index (χ0v) is 20.5. The molecule has 8 nitrogen and oxygen atoms in total. The summed E-state index contributed by atoms with van der Waals surface area (Å²) in [5, 5.41) is 15.6. The first kappa shape index (κ1) is 23.4. The largest absolute Gasteiger partial charge is 0.387 e. The van der Waals surface area contributed by atoms with Crippen LogP contribution in [-0.4, -0.2) is 90.8 Å². The molecule has 1 aromatic rings. The highest BCUT2D eigenvalue weighted by Gasteiger charge is 2.68. The number of amides is 2. The molecular formula is C27H38N4O4. The molecule has 4 unspecified atom stereocenters. The van der Waals surface area contributed by atoms with E-state index in [1.165, 1.54) is 18.4 Å². The van der Waals surface area contributed by atoms with E-state index >= 15 is 0 Å². The SMILES string of the molecule is NC(=O)c1ccc2c(c1)C13CCN(CC4CC4)C(C2)C1(O)CC(C(=O)NCCN1CCOCC1)C3. The Hall–Kier alpha value is -2.00. The summed E-state index contributed by atoms with van der Waals surface area (Å²) >= 11 is 0. The zero-order chi connectivity index (χ0) is 24.2. The van der Waals surface area contributed by atoms with Crippen LogP contribution in [0.4, 0.5) is 0 Å². The maximum absolute atomic E-state index is 13.4. The molecule has 2 saturated heterocycles. The molecule has 0 radical (unpaired) electrons. The third-order valence-electron chi connectivity index (χ3n) is 9.51. The summed E-state index contributed by atoms with van der Waals surface area (Å²) in [5.74, 6) is 0.0977. The lowest BCUT2D eigenvalue weighted by atomic mass is 9.56. The molecule has 4 N–H and O–H groups in total. The van der Waals surface area contributed by atoms with Gasteiger partial charge in [0.15, 0.2) is 0 Å². The number of primary amides is 1. The van der Waals surface area contributed by atoms with Crippen molar-refractivity contribution in [3.63, 3.8) is 0 Å². The van der Waals surface area contributed by atoms with Crippen LogP contribution < -0.4 is 11.1 Å². The summed E-state index contributed by atoms with van der Waals surface area (Å²) in [6.45, 7) is 6.69. The van der Waals surface area contributed by atoms with Crippen molar-refractivity contribution in [2.75, 3.05) is 52.5 Å². The van der Waals surface area contributed by atoms with E-state index < -0.39 is 16.9 Å². The minimum atomic E-state index is -0.977. The molecule has 1 aromatic carbocycles. The van der Waals surface area contributed by atoms with E-state index in [4.69, 9.17) is 10.5 Å². The van der Waals surface area contributed by atoms with Gasteiger partial charge in [-0.2, -0.15) is 0 Å². The fourth-order valence-electron chi connectivity index (χ4n) is 7.49. The summed E-state index contributed by atoms with van der Waals surface area (Å²) in [6, 6.07) is 5.76. The smallest absolute Gasteiger partial charge is 0.248 e. The molecule has 8 heteroatoms. The van der Waals surface area contributed by atoms with Crippen molar-refractivity contribution >= 4 is 11.8 Å². The highest BCUT2D eigenvalue weighted by Crippen LogP contribution is 2.61. The van der Waals surface area contributed by atoms with Gasteiger partial charge in [-0.05, 0) is 74.2 Å². The second kappa shape index (κ2) is 8.83. The van der Waals surface area contributed by atoms with Crippen LogP contribution in [0.5, 0.6) is 0 Å². The molecule has 2 bridgehead atoms. The van der Waals surface area contributed by atoms with Gasteiger partial charge in [-0.25, -0.2) is 0 Å². The van der Waals surface area contributed by atoms with E-state index in [0.29, 0.717) is 24.9 Å². The summed E-state index contributed by atoms with van der Waals surface area (Å²) < 4.78 is 5.41. The fraction of sp³-hybridized carbons (Fsp3) is 0.704. The number of nitrogens with zero attached hydrogens (tertiary/aromatic N) is 2. The predicted molar refractivity (Wildman–Crippen MR) is 131 cm³/mol. The van der Waals surface area contributed by atoms with Crippen LogP contribution >= 0.6 is 0 Å². The average Bonchev–Trinajstić information content (AvgIpc) is 3.60. The lowest BCUT2D eigenvalue weighted by molar-refractivity contribution is -0.134. The van der Waals surface area contributed by atoms with Gasteiger partial charge in [-0.15, -0.1) is 0 Å². The molecule has 0 aromatic heterocycles. The summed E-state index contributed by atoms with van der Waals surface area (Å²) in [6.07, 6.45) is 5.21. The van der Waals surface area contributed by atoms with Gasteiger partial charge < -0.3 is 20.9 Å². The van der Waals surface area contributed by atoms with Crippen molar-refractivity contribution in [3.8, 4) is 0 Å². The Morgan fingerprint density at radius 2 is 1.97 bits per heavy atom. The Kier molecular flexibility index (Phi) is 5.91. The molecule has 4 fully saturated rings. The minimum absolute atomic E-state index is 0.00919. The summed E-state index contributed by atoms with van der Waals surface area (Å²) in [5.41, 5.74) is 6.87. The first-order chi connectivity index (χ1) is 16.9. The number of hydrogen-bond donors (Lipinski definition) is 3. The molecule has 6 rings (SSSR count). The Bertz CT molecular complexity index is 1010. The molecule has 190 valence electrons. The highest BCUT2D eigenvalue weighted by molar-refractivity contribution is 5.93. The molecule has 0 spiro atoms. The van der Waals surface area contributed by atoms with E-state index in [2.05, 4.69) is 15.1 Å².